The molecule has 5 nitrogen and oxygen atoms in total. The van der Waals surface area contributed by atoms with Crippen molar-refractivity contribution in [2.24, 2.45) is 0 Å². The van der Waals surface area contributed by atoms with Crippen LogP contribution >= 0.6 is 11.3 Å². The van der Waals surface area contributed by atoms with Crippen LogP contribution in [0.2, 0.25) is 0 Å². The zero-order valence-corrected chi connectivity index (χ0v) is 14.5. The highest BCUT2D eigenvalue weighted by molar-refractivity contribution is 7.14. The SMILES string of the molecule is Cc1ccc(C(=O)NNC(=O)c2cc3c(s2)CCCCCC3)cn1. The normalized spacial score (nSPS) is 14.2. The summed E-state index contributed by atoms with van der Waals surface area (Å²) in [5.74, 6) is -0.633. The van der Waals surface area contributed by atoms with Crippen LogP contribution in [-0.2, 0) is 12.8 Å². The maximum Gasteiger partial charge on any atom is 0.279 e. The van der Waals surface area contributed by atoms with Crippen molar-refractivity contribution in [3.63, 3.8) is 0 Å². The zero-order chi connectivity index (χ0) is 16.9. The quantitative estimate of drug-likeness (QED) is 0.823. The van der Waals surface area contributed by atoms with Crippen molar-refractivity contribution in [3.8, 4) is 0 Å². The molecule has 0 saturated heterocycles. The van der Waals surface area contributed by atoms with E-state index < -0.39 is 0 Å². The lowest BCUT2D eigenvalue weighted by Crippen LogP contribution is -2.41. The van der Waals surface area contributed by atoms with E-state index in [2.05, 4.69) is 15.8 Å². The van der Waals surface area contributed by atoms with Gasteiger partial charge in [-0.05, 0) is 56.4 Å². The van der Waals surface area contributed by atoms with Crippen molar-refractivity contribution < 1.29 is 9.59 Å². The summed E-state index contributed by atoms with van der Waals surface area (Å²) >= 11 is 1.54. The molecule has 0 aliphatic heterocycles. The molecule has 6 heteroatoms. The van der Waals surface area contributed by atoms with Gasteiger partial charge in [-0.25, -0.2) is 0 Å². The Balaban J connectivity index is 1.61. The summed E-state index contributed by atoms with van der Waals surface area (Å²) in [5.41, 5.74) is 7.49. The van der Waals surface area contributed by atoms with Crippen molar-refractivity contribution in [2.45, 2.75) is 45.4 Å². The molecular weight excluding hydrogens is 322 g/mol. The first-order chi connectivity index (χ1) is 11.6. The second-order valence-electron chi connectivity index (χ2n) is 6.07. The number of hydrogen-bond acceptors (Lipinski definition) is 4. The Morgan fingerprint density at radius 2 is 1.79 bits per heavy atom. The third kappa shape index (κ3) is 4.00. The Hall–Kier alpha value is -2.21. The standard InChI is InChI=1S/C18H21N3O2S/c1-12-8-9-14(11-19-12)17(22)20-21-18(23)16-10-13-6-4-2-3-5-7-15(13)24-16/h8-11H,2-7H2,1H3,(H,20,22)(H,21,23). The lowest BCUT2D eigenvalue weighted by atomic mass is 10.00. The molecule has 0 saturated carbocycles. The molecule has 2 aromatic heterocycles. The van der Waals surface area contributed by atoms with Crippen molar-refractivity contribution in [1.29, 1.82) is 0 Å². The summed E-state index contributed by atoms with van der Waals surface area (Å²) < 4.78 is 0. The molecule has 0 aromatic carbocycles. The highest BCUT2D eigenvalue weighted by atomic mass is 32.1. The Morgan fingerprint density at radius 3 is 2.54 bits per heavy atom. The minimum absolute atomic E-state index is 0.264. The average Bonchev–Trinajstić information content (AvgIpc) is 2.95. The number of carbonyl (C=O) groups excluding carboxylic acids is 2. The second kappa shape index (κ2) is 7.57. The van der Waals surface area contributed by atoms with Crippen LogP contribution < -0.4 is 10.9 Å². The topological polar surface area (TPSA) is 71.1 Å². The molecule has 0 spiro atoms. The number of pyridine rings is 1. The molecule has 0 fully saturated rings. The van der Waals surface area contributed by atoms with E-state index in [9.17, 15) is 9.59 Å². The molecule has 2 amide bonds. The van der Waals surface area contributed by atoms with E-state index in [0.29, 0.717) is 10.4 Å². The van der Waals surface area contributed by atoms with Gasteiger partial charge in [0.2, 0.25) is 0 Å². The van der Waals surface area contributed by atoms with Gasteiger partial charge in [-0.3, -0.25) is 25.4 Å². The second-order valence-corrected chi connectivity index (χ2v) is 7.21. The van der Waals surface area contributed by atoms with Crippen molar-refractivity contribution in [2.75, 3.05) is 0 Å². The van der Waals surface area contributed by atoms with Gasteiger partial charge < -0.3 is 0 Å². The minimum Gasteiger partial charge on any atom is -0.267 e. The molecule has 0 unspecified atom stereocenters. The lowest BCUT2D eigenvalue weighted by Gasteiger charge is -2.07. The van der Waals surface area contributed by atoms with E-state index >= 15 is 0 Å². The number of hydrazine groups is 1. The number of aryl methyl sites for hydroxylation is 3. The van der Waals surface area contributed by atoms with Gasteiger partial charge in [-0.15, -0.1) is 11.3 Å². The van der Waals surface area contributed by atoms with Gasteiger partial charge in [0.25, 0.3) is 11.8 Å². The number of amides is 2. The number of aromatic nitrogens is 1. The Kier molecular flexibility index (Phi) is 5.25. The number of thiophene rings is 1. The number of rotatable bonds is 2. The zero-order valence-electron chi connectivity index (χ0n) is 13.7. The first-order valence-electron chi connectivity index (χ1n) is 8.28. The van der Waals surface area contributed by atoms with E-state index in [0.717, 1.165) is 18.5 Å². The fourth-order valence-corrected chi connectivity index (χ4v) is 3.95. The fraction of sp³-hybridized carbons (Fsp3) is 0.389. The van der Waals surface area contributed by atoms with Crippen LogP contribution in [0.4, 0.5) is 0 Å². The largest absolute Gasteiger partial charge is 0.279 e. The van der Waals surface area contributed by atoms with Crippen LogP contribution in [0.15, 0.2) is 24.4 Å². The van der Waals surface area contributed by atoms with E-state index in [1.54, 1.807) is 12.1 Å². The molecule has 126 valence electrons. The van der Waals surface area contributed by atoms with E-state index in [-0.39, 0.29) is 11.8 Å². The predicted molar refractivity (Wildman–Crippen MR) is 94.1 cm³/mol. The fourth-order valence-electron chi connectivity index (χ4n) is 2.81. The van der Waals surface area contributed by atoms with Crippen molar-refractivity contribution in [1.82, 2.24) is 15.8 Å². The Bertz CT molecular complexity index is 712. The summed E-state index contributed by atoms with van der Waals surface area (Å²) in [6, 6.07) is 5.41. The molecule has 2 N–H and O–H groups in total. The summed E-state index contributed by atoms with van der Waals surface area (Å²) in [7, 11) is 0. The van der Waals surface area contributed by atoms with Crippen LogP contribution in [0.25, 0.3) is 0 Å². The molecule has 0 atom stereocenters. The maximum absolute atomic E-state index is 12.3. The Morgan fingerprint density at radius 1 is 1.04 bits per heavy atom. The van der Waals surface area contributed by atoms with E-state index in [1.807, 2.05) is 13.0 Å². The van der Waals surface area contributed by atoms with Gasteiger partial charge >= 0.3 is 0 Å². The van der Waals surface area contributed by atoms with Crippen LogP contribution in [0, 0.1) is 6.92 Å². The molecule has 3 rings (SSSR count). The van der Waals surface area contributed by atoms with Crippen molar-refractivity contribution in [3.05, 3.63) is 51.0 Å². The predicted octanol–water partition coefficient (Wildman–Crippen LogP) is 3.19. The highest BCUT2D eigenvalue weighted by Crippen LogP contribution is 2.28. The van der Waals surface area contributed by atoms with E-state index in [1.165, 1.54) is 53.7 Å². The number of nitrogens with one attached hydrogen (secondary N) is 2. The first-order valence-corrected chi connectivity index (χ1v) is 9.10. The average molecular weight is 343 g/mol. The molecular formula is C18H21N3O2S. The van der Waals surface area contributed by atoms with Gasteiger partial charge in [0, 0.05) is 16.8 Å². The minimum atomic E-state index is -0.370. The summed E-state index contributed by atoms with van der Waals surface area (Å²) in [4.78, 5) is 30.4. The van der Waals surface area contributed by atoms with Gasteiger partial charge in [0.15, 0.2) is 0 Å². The number of fused-ring (bicyclic) bond motifs is 1. The van der Waals surface area contributed by atoms with E-state index in [4.69, 9.17) is 0 Å². The number of carbonyl (C=O) groups is 2. The number of hydrogen-bond donors (Lipinski definition) is 2. The van der Waals surface area contributed by atoms with Gasteiger partial charge in [-0.1, -0.05) is 12.8 Å². The smallest absolute Gasteiger partial charge is 0.267 e. The molecule has 1 aliphatic rings. The molecule has 24 heavy (non-hydrogen) atoms. The third-order valence-corrected chi connectivity index (χ3v) is 5.42. The monoisotopic (exact) mass is 343 g/mol. The van der Waals surface area contributed by atoms with Gasteiger partial charge in [0.05, 0.1) is 10.4 Å². The van der Waals surface area contributed by atoms with Crippen LogP contribution in [-0.4, -0.2) is 16.8 Å². The molecule has 1 aliphatic carbocycles. The van der Waals surface area contributed by atoms with Gasteiger partial charge in [0.1, 0.15) is 0 Å². The summed E-state index contributed by atoms with van der Waals surface area (Å²) in [6.45, 7) is 1.85. The lowest BCUT2D eigenvalue weighted by molar-refractivity contribution is 0.0848. The van der Waals surface area contributed by atoms with Crippen LogP contribution in [0.5, 0.6) is 0 Å². The molecule has 2 heterocycles. The summed E-state index contributed by atoms with van der Waals surface area (Å²) in [5, 5.41) is 0. The van der Waals surface area contributed by atoms with Crippen molar-refractivity contribution >= 4 is 23.2 Å². The van der Waals surface area contributed by atoms with Crippen LogP contribution in [0.3, 0.4) is 0 Å². The first kappa shape index (κ1) is 16.6. The molecule has 2 aromatic rings. The third-order valence-electron chi connectivity index (χ3n) is 4.18. The number of nitrogens with zero attached hydrogens (tertiary/aromatic N) is 1. The maximum atomic E-state index is 12.3. The molecule has 0 bridgehead atoms. The highest BCUT2D eigenvalue weighted by Gasteiger charge is 2.16. The Labute approximate surface area is 145 Å². The summed E-state index contributed by atoms with van der Waals surface area (Å²) in [6.07, 6.45) is 8.48. The molecule has 0 radical (unpaired) electrons. The van der Waals surface area contributed by atoms with Gasteiger partial charge in [-0.2, -0.15) is 0 Å². The van der Waals surface area contributed by atoms with Crippen LogP contribution in [0.1, 0.15) is 61.8 Å².